The summed E-state index contributed by atoms with van der Waals surface area (Å²) in [5.74, 6) is -4.34. The van der Waals surface area contributed by atoms with Gasteiger partial charge in [0.25, 0.3) is 0 Å². The van der Waals surface area contributed by atoms with Crippen LogP contribution in [0, 0.1) is 5.92 Å². The second-order valence-electron chi connectivity index (χ2n) is 13.0. The molecule has 3 rings (SSSR count). The van der Waals surface area contributed by atoms with E-state index in [1.807, 2.05) is 56.3 Å². The van der Waals surface area contributed by atoms with Crippen LogP contribution in [0.15, 0.2) is 77.8 Å². The normalized spacial score (nSPS) is 13.9. The number of hydrogen-bond acceptors (Lipinski definition) is 8. The highest BCUT2D eigenvalue weighted by Crippen LogP contribution is 2.17. The van der Waals surface area contributed by atoms with Crippen LogP contribution in [0.2, 0.25) is 0 Å². The van der Waals surface area contributed by atoms with Crippen molar-refractivity contribution < 1.29 is 34.2 Å². The Morgan fingerprint density at radius 2 is 1.23 bits per heavy atom. The quantitative estimate of drug-likeness (QED) is 0.0431. The van der Waals surface area contributed by atoms with Crippen LogP contribution < -0.4 is 38.5 Å². The number of aliphatic carboxylic acids is 1. The second-order valence-corrected chi connectivity index (χ2v) is 13.0. The Labute approximate surface area is 302 Å². The number of nitrogens with one attached hydrogen (secondary N) is 4. The lowest BCUT2D eigenvalue weighted by Gasteiger charge is -2.27. The van der Waals surface area contributed by atoms with E-state index in [1.54, 1.807) is 30.3 Å². The van der Waals surface area contributed by atoms with Crippen LogP contribution in [0.25, 0.3) is 10.8 Å². The van der Waals surface area contributed by atoms with E-state index in [1.165, 1.54) is 0 Å². The Morgan fingerprint density at radius 3 is 1.83 bits per heavy atom. The Kier molecular flexibility index (Phi) is 16.0. The van der Waals surface area contributed by atoms with E-state index < -0.39 is 66.4 Å². The number of hydrogen-bond donors (Lipinski definition) is 9. The largest absolute Gasteiger partial charge is 0.480 e. The van der Waals surface area contributed by atoms with Gasteiger partial charge in [0.15, 0.2) is 5.96 Å². The SMILES string of the molecule is CC(C)C[C@H](NC(=O)[C@H](Cc1ccc2ccccc2c1)NC(=O)[C@H](Cc1ccccc1)NC(=O)[C@@H](N)CO)C(=O)N[C@@H](CCCN=C(N)N)C(=O)O. The minimum Gasteiger partial charge on any atom is -0.480 e. The van der Waals surface area contributed by atoms with Crippen LogP contribution in [0.3, 0.4) is 0 Å². The van der Waals surface area contributed by atoms with E-state index >= 15 is 0 Å². The highest BCUT2D eigenvalue weighted by atomic mass is 16.4. The number of rotatable bonds is 20. The smallest absolute Gasteiger partial charge is 0.326 e. The molecule has 5 atom stereocenters. The molecule has 0 unspecified atom stereocenters. The third-order valence-corrected chi connectivity index (χ3v) is 8.24. The summed E-state index contributed by atoms with van der Waals surface area (Å²) in [5.41, 5.74) is 17.8. The van der Waals surface area contributed by atoms with E-state index in [0.717, 1.165) is 16.3 Å². The van der Waals surface area contributed by atoms with Crippen molar-refractivity contribution in [3.63, 3.8) is 0 Å². The number of carboxylic acids is 1. The van der Waals surface area contributed by atoms with Crippen molar-refractivity contribution in [2.45, 2.75) is 76.2 Å². The molecule has 0 heterocycles. The molecule has 52 heavy (non-hydrogen) atoms. The molecule has 0 radical (unpaired) electrons. The lowest BCUT2D eigenvalue weighted by atomic mass is 9.98. The Balaban J connectivity index is 1.91. The van der Waals surface area contributed by atoms with Crippen LogP contribution >= 0.6 is 0 Å². The molecule has 0 saturated carbocycles. The molecule has 0 spiro atoms. The molecule has 12 N–H and O–H groups in total. The minimum absolute atomic E-state index is 0.0170. The molecule has 0 aliphatic carbocycles. The fourth-order valence-corrected chi connectivity index (χ4v) is 5.51. The van der Waals surface area contributed by atoms with Gasteiger partial charge >= 0.3 is 5.97 Å². The highest BCUT2D eigenvalue weighted by molar-refractivity contribution is 5.96. The first-order valence-electron chi connectivity index (χ1n) is 17.1. The topological polar surface area (TPSA) is 264 Å². The maximum atomic E-state index is 14.1. The molecule has 0 bridgehead atoms. The summed E-state index contributed by atoms with van der Waals surface area (Å²) in [5, 5.41) is 31.7. The average Bonchev–Trinajstić information content (AvgIpc) is 3.11. The van der Waals surface area contributed by atoms with Gasteiger partial charge in [-0.15, -0.1) is 0 Å². The molecule has 15 nitrogen and oxygen atoms in total. The molecule has 15 heteroatoms. The molecule has 0 saturated heterocycles. The Morgan fingerprint density at radius 1 is 0.692 bits per heavy atom. The summed E-state index contributed by atoms with van der Waals surface area (Å²) >= 11 is 0. The summed E-state index contributed by atoms with van der Waals surface area (Å²) in [6.45, 7) is 3.22. The molecule has 0 aliphatic heterocycles. The summed E-state index contributed by atoms with van der Waals surface area (Å²) in [6, 6.07) is 16.1. The number of aliphatic hydroxyl groups is 1. The van der Waals surface area contributed by atoms with Gasteiger partial charge in [0.2, 0.25) is 23.6 Å². The van der Waals surface area contributed by atoms with Crippen LogP contribution in [-0.2, 0) is 36.8 Å². The van der Waals surface area contributed by atoms with Gasteiger partial charge < -0.3 is 48.7 Å². The van der Waals surface area contributed by atoms with E-state index in [-0.39, 0.29) is 50.5 Å². The lowest BCUT2D eigenvalue weighted by molar-refractivity contribution is -0.142. The molecule has 3 aromatic rings. The molecular formula is C37H50N8O7. The number of benzene rings is 3. The molecule has 0 aliphatic rings. The predicted octanol–water partition coefficient (Wildman–Crippen LogP) is 0.0681. The number of aliphatic hydroxyl groups excluding tert-OH is 1. The van der Waals surface area contributed by atoms with Crippen molar-refractivity contribution in [3.8, 4) is 0 Å². The van der Waals surface area contributed by atoms with Gasteiger partial charge in [-0.3, -0.25) is 24.2 Å². The number of carboxylic acid groups (broad SMARTS) is 1. The molecule has 0 aromatic heterocycles. The van der Waals surface area contributed by atoms with E-state index in [9.17, 15) is 34.2 Å². The van der Waals surface area contributed by atoms with Crippen molar-refractivity contribution in [1.29, 1.82) is 0 Å². The number of nitrogens with two attached hydrogens (primary N) is 3. The fraction of sp³-hybridized carbons (Fsp3) is 0.405. The number of nitrogens with zero attached hydrogens (tertiary/aromatic N) is 1. The number of carbonyl (C=O) groups is 5. The molecular weight excluding hydrogens is 668 g/mol. The van der Waals surface area contributed by atoms with E-state index in [2.05, 4.69) is 26.3 Å². The van der Waals surface area contributed by atoms with Crippen LogP contribution in [-0.4, -0.2) is 89.1 Å². The molecule has 3 aromatic carbocycles. The zero-order chi connectivity index (χ0) is 38.2. The van der Waals surface area contributed by atoms with Crippen LogP contribution in [0.1, 0.15) is 44.2 Å². The standard InChI is InChI=1S/C37H50N8O7/c1-22(2)17-29(33(48)42-28(36(51)52)13-8-16-41-37(39)40)44-35(50)31(20-24-14-15-25-11-6-7-12-26(25)18-24)45-34(49)30(43-32(47)27(38)21-46)19-23-9-4-3-5-10-23/h3-7,9-12,14-15,18,22,27-31,46H,8,13,16-17,19-21,38H2,1-2H3,(H,42,48)(H,43,47)(H,44,50)(H,45,49)(H,51,52)(H4,39,40,41)/t27-,28-,29-,30-,31-/m0/s1. The Bertz CT molecular complexity index is 1700. The first kappa shape index (κ1) is 40.9. The van der Waals surface area contributed by atoms with Gasteiger partial charge in [0, 0.05) is 19.4 Å². The summed E-state index contributed by atoms with van der Waals surface area (Å²) in [7, 11) is 0. The third-order valence-electron chi connectivity index (χ3n) is 8.24. The number of fused-ring (bicyclic) bond motifs is 1. The number of guanidine groups is 1. The van der Waals surface area contributed by atoms with Gasteiger partial charge in [-0.2, -0.15) is 0 Å². The van der Waals surface area contributed by atoms with Crippen molar-refractivity contribution in [3.05, 3.63) is 83.9 Å². The zero-order valence-electron chi connectivity index (χ0n) is 29.5. The molecule has 0 fully saturated rings. The minimum atomic E-state index is -1.28. The van der Waals surface area contributed by atoms with Gasteiger partial charge in [-0.05, 0) is 47.1 Å². The number of carbonyl (C=O) groups excluding carboxylic acids is 4. The third kappa shape index (κ3) is 13.3. The summed E-state index contributed by atoms with van der Waals surface area (Å²) in [4.78, 5) is 70.1. The van der Waals surface area contributed by atoms with E-state index in [4.69, 9.17) is 17.2 Å². The summed E-state index contributed by atoms with van der Waals surface area (Å²) < 4.78 is 0. The van der Waals surface area contributed by atoms with Crippen molar-refractivity contribution in [2.24, 2.45) is 28.1 Å². The van der Waals surface area contributed by atoms with Crippen molar-refractivity contribution in [2.75, 3.05) is 13.2 Å². The van der Waals surface area contributed by atoms with Gasteiger partial charge in [0.1, 0.15) is 30.2 Å². The van der Waals surface area contributed by atoms with Gasteiger partial charge in [-0.25, -0.2) is 4.79 Å². The maximum absolute atomic E-state index is 14.1. The van der Waals surface area contributed by atoms with Crippen LogP contribution in [0.5, 0.6) is 0 Å². The zero-order valence-corrected chi connectivity index (χ0v) is 29.5. The first-order chi connectivity index (χ1) is 24.8. The second kappa shape index (κ2) is 20.3. The molecule has 280 valence electrons. The number of aliphatic imine (C=N–C) groups is 1. The van der Waals surface area contributed by atoms with Crippen LogP contribution in [0.4, 0.5) is 0 Å². The molecule has 4 amide bonds. The van der Waals surface area contributed by atoms with Crippen molar-refractivity contribution >= 4 is 46.3 Å². The Hall–Kier alpha value is -5.54. The van der Waals surface area contributed by atoms with Gasteiger partial charge in [0.05, 0.1) is 6.61 Å². The lowest BCUT2D eigenvalue weighted by Crippen LogP contribution is -2.59. The highest BCUT2D eigenvalue weighted by Gasteiger charge is 2.32. The fourth-order valence-electron chi connectivity index (χ4n) is 5.51. The monoisotopic (exact) mass is 718 g/mol. The number of amides is 4. The van der Waals surface area contributed by atoms with Crippen molar-refractivity contribution in [1.82, 2.24) is 21.3 Å². The van der Waals surface area contributed by atoms with E-state index in [0.29, 0.717) is 5.56 Å². The maximum Gasteiger partial charge on any atom is 0.326 e. The first-order valence-corrected chi connectivity index (χ1v) is 17.1. The average molecular weight is 719 g/mol. The van der Waals surface area contributed by atoms with Gasteiger partial charge in [-0.1, -0.05) is 86.6 Å². The predicted molar refractivity (Wildman–Crippen MR) is 198 cm³/mol. The summed E-state index contributed by atoms with van der Waals surface area (Å²) in [6.07, 6.45) is 0.553.